The molecule has 3 N–H and O–H groups in total. The standard InChI is InChI=1S/C11H23N3O2/c1-11(2)9-16-8-7-14(11)6-5-13-10(15)3-4-12/h3-9,12H2,1-2H3,(H,13,15). The molecule has 94 valence electrons. The Kier molecular flexibility index (Phi) is 5.18. The van der Waals surface area contributed by atoms with Gasteiger partial charge in [0.2, 0.25) is 5.91 Å². The van der Waals surface area contributed by atoms with E-state index >= 15 is 0 Å². The molecule has 0 bridgehead atoms. The molecule has 1 heterocycles. The van der Waals surface area contributed by atoms with Crippen molar-refractivity contribution in [1.82, 2.24) is 10.2 Å². The summed E-state index contributed by atoms with van der Waals surface area (Å²) < 4.78 is 5.44. The van der Waals surface area contributed by atoms with E-state index in [9.17, 15) is 4.79 Å². The average Bonchev–Trinajstić information content (AvgIpc) is 2.21. The second kappa shape index (κ2) is 6.18. The lowest BCUT2D eigenvalue weighted by Gasteiger charge is -2.42. The van der Waals surface area contributed by atoms with Gasteiger partial charge in [-0.2, -0.15) is 0 Å². The van der Waals surface area contributed by atoms with Gasteiger partial charge in [0.25, 0.3) is 0 Å². The highest BCUT2D eigenvalue weighted by Crippen LogP contribution is 2.17. The number of carbonyl (C=O) groups excluding carboxylic acids is 1. The van der Waals surface area contributed by atoms with Crippen molar-refractivity contribution in [1.29, 1.82) is 0 Å². The maximum Gasteiger partial charge on any atom is 0.221 e. The molecular weight excluding hydrogens is 206 g/mol. The Balaban J connectivity index is 2.23. The van der Waals surface area contributed by atoms with Crippen LogP contribution >= 0.6 is 0 Å². The van der Waals surface area contributed by atoms with Gasteiger partial charge in [-0.25, -0.2) is 0 Å². The summed E-state index contributed by atoms with van der Waals surface area (Å²) in [5.41, 5.74) is 5.37. The maximum atomic E-state index is 11.2. The number of amides is 1. The van der Waals surface area contributed by atoms with E-state index in [1.807, 2.05) is 0 Å². The Morgan fingerprint density at radius 2 is 2.31 bits per heavy atom. The molecule has 1 aliphatic rings. The van der Waals surface area contributed by atoms with Gasteiger partial charge in [-0.05, 0) is 13.8 Å². The molecule has 1 amide bonds. The number of morpholine rings is 1. The van der Waals surface area contributed by atoms with Crippen molar-refractivity contribution in [3.63, 3.8) is 0 Å². The first-order valence-electron chi connectivity index (χ1n) is 5.86. The summed E-state index contributed by atoms with van der Waals surface area (Å²) in [5.74, 6) is 0.0357. The lowest BCUT2D eigenvalue weighted by atomic mass is 10.0. The van der Waals surface area contributed by atoms with Crippen LogP contribution in [0.15, 0.2) is 0 Å². The van der Waals surface area contributed by atoms with Gasteiger partial charge in [0.15, 0.2) is 0 Å². The van der Waals surface area contributed by atoms with E-state index in [2.05, 4.69) is 24.1 Å². The molecule has 1 saturated heterocycles. The van der Waals surface area contributed by atoms with Crippen LogP contribution in [0.25, 0.3) is 0 Å². The third-order valence-corrected chi connectivity index (χ3v) is 2.89. The van der Waals surface area contributed by atoms with E-state index in [4.69, 9.17) is 10.5 Å². The molecule has 16 heavy (non-hydrogen) atoms. The zero-order chi connectivity index (χ0) is 12.0. The van der Waals surface area contributed by atoms with E-state index in [1.54, 1.807) is 0 Å². The van der Waals surface area contributed by atoms with Gasteiger partial charge in [-0.15, -0.1) is 0 Å². The summed E-state index contributed by atoms with van der Waals surface area (Å²) in [6, 6.07) is 0. The second-order valence-corrected chi connectivity index (χ2v) is 4.74. The molecule has 0 aromatic carbocycles. The van der Waals surface area contributed by atoms with Crippen LogP contribution in [-0.2, 0) is 9.53 Å². The van der Waals surface area contributed by atoms with Gasteiger partial charge in [-0.3, -0.25) is 9.69 Å². The van der Waals surface area contributed by atoms with Gasteiger partial charge in [0, 0.05) is 38.1 Å². The minimum atomic E-state index is 0.0357. The quantitative estimate of drug-likeness (QED) is 0.671. The topological polar surface area (TPSA) is 67.6 Å². The second-order valence-electron chi connectivity index (χ2n) is 4.74. The third kappa shape index (κ3) is 4.08. The molecule has 0 aromatic rings. The summed E-state index contributed by atoms with van der Waals surface area (Å²) in [5, 5.41) is 2.87. The number of ether oxygens (including phenoxy) is 1. The first kappa shape index (κ1) is 13.4. The summed E-state index contributed by atoms with van der Waals surface area (Å²) >= 11 is 0. The molecule has 0 unspecified atom stereocenters. The summed E-state index contributed by atoms with van der Waals surface area (Å²) in [7, 11) is 0. The SMILES string of the molecule is CC1(C)COCCN1CCNC(=O)CCN. The summed E-state index contributed by atoms with van der Waals surface area (Å²) in [6.45, 7) is 8.75. The molecule has 5 heteroatoms. The van der Waals surface area contributed by atoms with Crippen molar-refractivity contribution in [3.05, 3.63) is 0 Å². The highest BCUT2D eigenvalue weighted by molar-refractivity contribution is 5.75. The Labute approximate surface area is 97.3 Å². The predicted octanol–water partition coefficient (Wildman–Crippen LogP) is -0.438. The van der Waals surface area contributed by atoms with Crippen LogP contribution in [0.1, 0.15) is 20.3 Å². The normalized spacial score (nSPS) is 20.7. The maximum absolute atomic E-state index is 11.2. The number of nitrogens with two attached hydrogens (primary N) is 1. The van der Waals surface area contributed by atoms with Gasteiger partial charge < -0.3 is 15.8 Å². The van der Waals surface area contributed by atoms with Crippen molar-refractivity contribution in [3.8, 4) is 0 Å². The molecule has 5 nitrogen and oxygen atoms in total. The Bertz CT molecular complexity index is 231. The van der Waals surface area contributed by atoms with Crippen LogP contribution in [0.5, 0.6) is 0 Å². The number of rotatable bonds is 5. The molecule has 0 spiro atoms. The highest BCUT2D eigenvalue weighted by atomic mass is 16.5. The number of hydrogen-bond acceptors (Lipinski definition) is 4. The average molecular weight is 229 g/mol. The molecular formula is C11H23N3O2. The highest BCUT2D eigenvalue weighted by Gasteiger charge is 2.29. The molecule has 1 rings (SSSR count). The zero-order valence-electron chi connectivity index (χ0n) is 10.3. The van der Waals surface area contributed by atoms with E-state index in [0.29, 0.717) is 19.5 Å². The Hall–Kier alpha value is -0.650. The minimum absolute atomic E-state index is 0.0357. The van der Waals surface area contributed by atoms with E-state index in [0.717, 1.165) is 26.3 Å². The zero-order valence-corrected chi connectivity index (χ0v) is 10.3. The van der Waals surface area contributed by atoms with Crippen LogP contribution in [0.4, 0.5) is 0 Å². The van der Waals surface area contributed by atoms with Gasteiger partial charge >= 0.3 is 0 Å². The number of nitrogens with one attached hydrogen (secondary N) is 1. The fourth-order valence-electron chi connectivity index (χ4n) is 1.85. The number of carbonyl (C=O) groups is 1. The molecule has 0 atom stereocenters. The van der Waals surface area contributed by atoms with Crippen molar-refractivity contribution in [2.75, 3.05) is 39.4 Å². The van der Waals surface area contributed by atoms with Gasteiger partial charge in [-0.1, -0.05) is 0 Å². The van der Waals surface area contributed by atoms with Crippen LogP contribution in [0, 0.1) is 0 Å². The molecule has 0 aromatic heterocycles. The van der Waals surface area contributed by atoms with Crippen LogP contribution in [0.2, 0.25) is 0 Å². The summed E-state index contributed by atoms with van der Waals surface area (Å²) in [6.07, 6.45) is 0.409. The molecule has 0 saturated carbocycles. The van der Waals surface area contributed by atoms with Crippen molar-refractivity contribution in [2.24, 2.45) is 5.73 Å². The van der Waals surface area contributed by atoms with E-state index in [1.165, 1.54) is 0 Å². The van der Waals surface area contributed by atoms with E-state index < -0.39 is 0 Å². The number of hydrogen-bond donors (Lipinski definition) is 2. The molecule has 1 fully saturated rings. The van der Waals surface area contributed by atoms with Crippen LogP contribution in [-0.4, -0.2) is 55.7 Å². The predicted molar refractivity (Wildman–Crippen MR) is 63.2 cm³/mol. The van der Waals surface area contributed by atoms with Crippen LogP contribution < -0.4 is 11.1 Å². The minimum Gasteiger partial charge on any atom is -0.378 e. The molecule has 0 aliphatic carbocycles. The molecule has 0 radical (unpaired) electrons. The van der Waals surface area contributed by atoms with E-state index in [-0.39, 0.29) is 11.4 Å². The van der Waals surface area contributed by atoms with Crippen LogP contribution in [0.3, 0.4) is 0 Å². The van der Waals surface area contributed by atoms with Crippen molar-refractivity contribution in [2.45, 2.75) is 25.8 Å². The fourth-order valence-corrected chi connectivity index (χ4v) is 1.85. The number of nitrogens with zero attached hydrogens (tertiary/aromatic N) is 1. The summed E-state index contributed by atoms with van der Waals surface area (Å²) in [4.78, 5) is 13.6. The lowest BCUT2D eigenvalue weighted by Crippen LogP contribution is -2.54. The first-order chi connectivity index (χ1) is 7.56. The Morgan fingerprint density at radius 3 is 2.94 bits per heavy atom. The third-order valence-electron chi connectivity index (χ3n) is 2.89. The van der Waals surface area contributed by atoms with Gasteiger partial charge in [0.05, 0.1) is 13.2 Å². The largest absolute Gasteiger partial charge is 0.378 e. The Morgan fingerprint density at radius 1 is 1.56 bits per heavy atom. The van der Waals surface area contributed by atoms with Gasteiger partial charge in [0.1, 0.15) is 0 Å². The van der Waals surface area contributed by atoms with Crippen molar-refractivity contribution >= 4 is 5.91 Å². The fraction of sp³-hybridized carbons (Fsp3) is 0.909. The molecule has 1 aliphatic heterocycles. The first-order valence-corrected chi connectivity index (χ1v) is 5.86. The smallest absolute Gasteiger partial charge is 0.221 e. The van der Waals surface area contributed by atoms with Crippen molar-refractivity contribution < 1.29 is 9.53 Å². The monoisotopic (exact) mass is 229 g/mol. The lowest BCUT2D eigenvalue weighted by molar-refractivity contribution is -0.121.